The van der Waals surface area contributed by atoms with Crippen LogP contribution in [0.5, 0.6) is 0 Å². The van der Waals surface area contributed by atoms with Crippen molar-refractivity contribution in [2.24, 2.45) is 11.8 Å². The van der Waals surface area contributed by atoms with E-state index < -0.39 is 0 Å². The van der Waals surface area contributed by atoms with Crippen molar-refractivity contribution in [3.63, 3.8) is 0 Å². The third-order valence-corrected chi connectivity index (χ3v) is 4.21. The second-order valence-electron chi connectivity index (χ2n) is 5.78. The molecule has 1 aliphatic carbocycles. The van der Waals surface area contributed by atoms with Crippen LogP contribution in [0.25, 0.3) is 0 Å². The minimum absolute atomic E-state index is 0.703. The third-order valence-electron chi connectivity index (χ3n) is 4.21. The van der Waals surface area contributed by atoms with E-state index in [1.54, 1.807) is 0 Å². The van der Waals surface area contributed by atoms with Gasteiger partial charge in [-0.1, -0.05) is 39.0 Å². The number of anilines is 1. The SMILES string of the molecule is CCc1cccc(C)c1NC1CC(C(C)C)C1. The molecule has 0 aromatic heterocycles. The average molecular weight is 231 g/mol. The molecule has 0 aliphatic heterocycles. The molecule has 2 rings (SSSR count). The molecular formula is C16H25N. The lowest BCUT2D eigenvalue weighted by Gasteiger charge is -2.39. The highest BCUT2D eigenvalue weighted by Gasteiger charge is 2.31. The lowest BCUT2D eigenvalue weighted by molar-refractivity contribution is 0.211. The Kier molecular flexibility index (Phi) is 3.76. The topological polar surface area (TPSA) is 12.0 Å². The summed E-state index contributed by atoms with van der Waals surface area (Å²) in [7, 11) is 0. The molecule has 1 aliphatic rings. The molecule has 0 saturated heterocycles. The van der Waals surface area contributed by atoms with Crippen molar-refractivity contribution >= 4 is 5.69 Å². The van der Waals surface area contributed by atoms with E-state index in [1.807, 2.05) is 0 Å². The molecule has 0 unspecified atom stereocenters. The van der Waals surface area contributed by atoms with Crippen molar-refractivity contribution in [3.05, 3.63) is 29.3 Å². The Morgan fingerprint density at radius 1 is 1.29 bits per heavy atom. The molecule has 1 heteroatoms. The van der Waals surface area contributed by atoms with Crippen molar-refractivity contribution in [3.8, 4) is 0 Å². The number of nitrogens with one attached hydrogen (secondary N) is 1. The van der Waals surface area contributed by atoms with Gasteiger partial charge in [-0.25, -0.2) is 0 Å². The highest BCUT2D eigenvalue weighted by molar-refractivity contribution is 5.58. The van der Waals surface area contributed by atoms with Gasteiger partial charge in [0.25, 0.3) is 0 Å². The molecule has 1 nitrogen and oxygen atoms in total. The number of hydrogen-bond acceptors (Lipinski definition) is 1. The molecule has 1 aromatic rings. The third kappa shape index (κ3) is 2.65. The largest absolute Gasteiger partial charge is 0.382 e. The Hall–Kier alpha value is -0.980. The van der Waals surface area contributed by atoms with Gasteiger partial charge in [0.2, 0.25) is 0 Å². The van der Waals surface area contributed by atoms with Crippen LogP contribution in [0.1, 0.15) is 44.7 Å². The average Bonchev–Trinajstić information content (AvgIpc) is 2.23. The van der Waals surface area contributed by atoms with Crippen LogP contribution in [-0.2, 0) is 6.42 Å². The zero-order valence-electron chi connectivity index (χ0n) is 11.6. The molecule has 0 amide bonds. The second-order valence-corrected chi connectivity index (χ2v) is 5.78. The fourth-order valence-electron chi connectivity index (χ4n) is 2.76. The van der Waals surface area contributed by atoms with Gasteiger partial charge in [0.15, 0.2) is 0 Å². The van der Waals surface area contributed by atoms with Crippen LogP contribution in [0.3, 0.4) is 0 Å². The Balaban J connectivity index is 2.00. The lowest BCUT2D eigenvalue weighted by Crippen LogP contribution is -2.38. The quantitative estimate of drug-likeness (QED) is 0.809. The molecule has 1 saturated carbocycles. The molecule has 1 aromatic carbocycles. The molecule has 0 atom stereocenters. The minimum atomic E-state index is 0.703. The monoisotopic (exact) mass is 231 g/mol. The Morgan fingerprint density at radius 3 is 2.59 bits per heavy atom. The van der Waals surface area contributed by atoms with Gasteiger partial charge in [-0.05, 0) is 49.1 Å². The van der Waals surface area contributed by atoms with E-state index in [4.69, 9.17) is 0 Å². The normalized spacial score (nSPS) is 23.6. The standard InChI is InChI=1S/C16H25N/c1-5-13-8-6-7-12(4)16(13)17-15-9-14(10-15)11(2)3/h6-8,11,14-15,17H,5,9-10H2,1-4H3. The smallest absolute Gasteiger partial charge is 0.0404 e. The van der Waals surface area contributed by atoms with Gasteiger partial charge >= 0.3 is 0 Å². The van der Waals surface area contributed by atoms with Crippen molar-refractivity contribution in [2.45, 2.75) is 53.0 Å². The fourth-order valence-corrected chi connectivity index (χ4v) is 2.76. The summed E-state index contributed by atoms with van der Waals surface area (Å²) in [6.45, 7) is 9.12. The predicted octanol–water partition coefficient (Wildman–Crippen LogP) is 4.40. The molecule has 0 radical (unpaired) electrons. The van der Waals surface area contributed by atoms with Crippen LogP contribution in [-0.4, -0.2) is 6.04 Å². The van der Waals surface area contributed by atoms with Crippen molar-refractivity contribution in [2.75, 3.05) is 5.32 Å². The molecule has 1 fully saturated rings. The first kappa shape index (κ1) is 12.5. The van der Waals surface area contributed by atoms with Gasteiger partial charge in [-0.3, -0.25) is 0 Å². The zero-order chi connectivity index (χ0) is 12.4. The predicted molar refractivity (Wildman–Crippen MR) is 75.5 cm³/mol. The summed E-state index contributed by atoms with van der Waals surface area (Å²) in [5.74, 6) is 1.78. The summed E-state index contributed by atoms with van der Waals surface area (Å²) in [4.78, 5) is 0. The van der Waals surface area contributed by atoms with Gasteiger partial charge in [0, 0.05) is 11.7 Å². The Labute approximate surface area is 106 Å². The van der Waals surface area contributed by atoms with E-state index in [9.17, 15) is 0 Å². The molecule has 1 N–H and O–H groups in total. The molecule has 0 spiro atoms. The number of aryl methyl sites for hydroxylation is 2. The first-order chi connectivity index (χ1) is 8.11. The molecule has 0 bridgehead atoms. The summed E-state index contributed by atoms with van der Waals surface area (Å²) in [5.41, 5.74) is 4.23. The van der Waals surface area contributed by atoms with E-state index in [2.05, 4.69) is 51.2 Å². The van der Waals surface area contributed by atoms with Gasteiger partial charge in [0.1, 0.15) is 0 Å². The highest BCUT2D eigenvalue weighted by atomic mass is 14.9. The van der Waals surface area contributed by atoms with E-state index in [0.29, 0.717) is 6.04 Å². The van der Waals surface area contributed by atoms with E-state index in [1.165, 1.54) is 29.7 Å². The second kappa shape index (κ2) is 5.12. The number of rotatable bonds is 4. The molecular weight excluding hydrogens is 206 g/mol. The Bertz CT molecular complexity index is 375. The Morgan fingerprint density at radius 2 is 2.00 bits per heavy atom. The van der Waals surface area contributed by atoms with Crippen molar-refractivity contribution in [1.29, 1.82) is 0 Å². The van der Waals surface area contributed by atoms with E-state index in [-0.39, 0.29) is 0 Å². The van der Waals surface area contributed by atoms with Gasteiger partial charge in [-0.2, -0.15) is 0 Å². The number of hydrogen-bond donors (Lipinski definition) is 1. The van der Waals surface area contributed by atoms with E-state index >= 15 is 0 Å². The highest BCUT2D eigenvalue weighted by Crippen LogP contribution is 2.36. The van der Waals surface area contributed by atoms with Gasteiger partial charge in [0.05, 0.1) is 0 Å². The number of benzene rings is 1. The molecule has 17 heavy (non-hydrogen) atoms. The zero-order valence-corrected chi connectivity index (χ0v) is 11.6. The summed E-state index contributed by atoms with van der Waals surface area (Å²) in [6.07, 6.45) is 3.80. The van der Waals surface area contributed by atoms with Crippen LogP contribution in [0.2, 0.25) is 0 Å². The maximum atomic E-state index is 3.75. The van der Waals surface area contributed by atoms with Gasteiger partial charge in [-0.15, -0.1) is 0 Å². The van der Waals surface area contributed by atoms with Crippen LogP contribution in [0.15, 0.2) is 18.2 Å². The minimum Gasteiger partial charge on any atom is -0.382 e. The summed E-state index contributed by atoms with van der Waals surface area (Å²) in [5, 5.41) is 3.75. The summed E-state index contributed by atoms with van der Waals surface area (Å²) >= 11 is 0. The van der Waals surface area contributed by atoms with Crippen LogP contribution < -0.4 is 5.32 Å². The maximum absolute atomic E-state index is 3.75. The van der Waals surface area contributed by atoms with Crippen LogP contribution in [0.4, 0.5) is 5.69 Å². The van der Waals surface area contributed by atoms with E-state index in [0.717, 1.165) is 18.3 Å². The first-order valence-corrected chi connectivity index (χ1v) is 6.96. The van der Waals surface area contributed by atoms with Gasteiger partial charge < -0.3 is 5.32 Å². The lowest BCUT2D eigenvalue weighted by atomic mass is 9.73. The first-order valence-electron chi connectivity index (χ1n) is 6.96. The molecule has 94 valence electrons. The molecule has 0 heterocycles. The maximum Gasteiger partial charge on any atom is 0.0404 e. The van der Waals surface area contributed by atoms with Crippen molar-refractivity contribution in [1.82, 2.24) is 0 Å². The summed E-state index contributed by atoms with van der Waals surface area (Å²) in [6, 6.07) is 7.32. The van der Waals surface area contributed by atoms with Crippen LogP contribution in [0, 0.1) is 18.8 Å². The van der Waals surface area contributed by atoms with Crippen molar-refractivity contribution < 1.29 is 0 Å². The number of para-hydroxylation sites is 1. The van der Waals surface area contributed by atoms with Crippen LogP contribution >= 0.6 is 0 Å². The summed E-state index contributed by atoms with van der Waals surface area (Å²) < 4.78 is 0. The fraction of sp³-hybridized carbons (Fsp3) is 0.625.